The molecule has 7 aliphatic rings. The third-order valence-corrected chi connectivity index (χ3v) is 17.2. The van der Waals surface area contributed by atoms with E-state index in [1.807, 2.05) is 0 Å². The van der Waals surface area contributed by atoms with Crippen LogP contribution in [0.15, 0.2) is 11.6 Å². The summed E-state index contributed by atoms with van der Waals surface area (Å²) in [4.78, 5) is 25.5. The van der Waals surface area contributed by atoms with Gasteiger partial charge in [-0.2, -0.15) is 0 Å². The predicted octanol–water partition coefficient (Wildman–Crippen LogP) is 2.97. The highest BCUT2D eigenvalue weighted by atomic mass is 16.7. The largest absolute Gasteiger partial charge is 0.481 e. The summed E-state index contributed by atoms with van der Waals surface area (Å²) in [6.07, 6.45) is -6.96. The normalized spacial score (nSPS) is 52.3. The lowest BCUT2D eigenvalue weighted by atomic mass is 9.33. The van der Waals surface area contributed by atoms with Crippen LogP contribution in [0.5, 0.6) is 0 Å². The first-order valence-electron chi connectivity index (χ1n) is 20.8. The van der Waals surface area contributed by atoms with E-state index in [0.717, 1.165) is 51.4 Å². The number of aliphatic hydroxyl groups is 6. The summed E-state index contributed by atoms with van der Waals surface area (Å²) in [6.45, 7) is 15.4. The Labute approximate surface area is 329 Å². The lowest BCUT2D eigenvalue weighted by molar-refractivity contribution is -0.363. The summed E-state index contributed by atoms with van der Waals surface area (Å²) < 4.78 is 23.3. The molecule has 318 valence electrons. The van der Waals surface area contributed by atoms with Crippen molar-refractivity contribution in [2.75, 3.05) is 6.61 Å². The number of carbonyl (C=O) groups is 2. The maximum Gasteiger partial charge on any atom is 0.335 e. The number of ether oxygens (including phenoxy) is 4. The topological polar surface area (TPSA) is 233 Å². The third kappa shape index (κ3) is 6.17. The zero-order valence-electron chi connectivity index (χ0n) is 34.0. The van der Waals surface area contributed by atoms with Gasteiger partial charge in [0.1, 0.15) is 42.7 Å². The van der Waals surface area contributed by atoms with Gasteiger partial charge in [-0.05, 0) is 109 Å². The number of carboxylic acids is 2. The second kappa shape index (κ2) is 14.2. The molecule has 2 heterocycles. The zero-order chi connectivity index (χ0) is 41.1. The molecule has 0 spiro atoms. The van der Waals surface area contributed by atoms with Gasteiger partial charge in [0.15, 0.2) is 18.7 Å². The molecule has 0 radical (unpaired) electrons. The number of hydrogen-bond donors (Lipinski definition) is 8. The Morgan fingerprint density at radius 3 is 2.04 bits per heavy atom. The molecule has 6 fully saturated rings. The second-order valence-electron chi connectivity index (χ2n) is 20.7. The first-order chi connectivity index (χ1) is 26.0. The minimum absolute atomic E-state index is 0.0282. The van der Waals surface area contributed by atoms with E-state index in [1.54, 1.807) is 0 Å². The molecule has 14 nitrogen and oxygen atoms in total. The van der Waals surface area contributed by atoms with Gasteiger partial charge in [0, 0.05) is 0 Å². The molecule has 4 saturated carbocycles. The van der Waals surface area contributed by atoms with Crippen LogP contribution in [0.3, 0.4) is 0 Å². The Kier molecular flexibility index (Phi) is 10.8. The van der Waals surface area contributed by atoms with Crippen LogP contribution in [0, 0.1) is 50.2 Å². The Bertz CT molecular complexity index is 1560. The molecule has 2 saturated heterocycles. The van der Waals surface area contributed by atoms with Crippen LogP contribution in [0.1, 0.15) is 113 Å². The molecule has 14 heteroatoms. The molecule has 5 aliphatic carbocycles. The second-order valence-corrected chi connectivity index (χ2v) is 20.7. The summed E-state index contributed by atoms with van der Waals surface area (Å²) in [5.41, 5.74) is 0.0426. The highest BCUT2D eigenvalue weighted by Crippen LogP contribution is 2.76. The third-order valence-electron chi connectivity index (χ3n) is 17.2. The van der Waals surface area contributed by atoms with Crippen molar-refractivity contribution in [3.8, 4) is 0 Å². The van der Waals surface area contributed by atoms with E-state index >= 15 is 0 Å². The summed E-state index contributed by atoms with van der Waals surface area (Å²) in [5, 5.41) is 83.9. The summed E-state index contributed by atoms with van der Waals surface area (Å²) in [6, 6.07) is 0. The molecule has 3 unspecified atom stereocenters. The van der Waals surface area contributed by atoms with E-state index in [-0.39, 0.29) is 33.5 Å². The van der Waals surface area contributed by atoms with E-state index in [4.69, 9.17) is 18.9 Å². The molecular formula is C42H66O14. The van der Waals surface area contributed by atoms with Crippen molar-refractivity contribution in [3.05, 3.63) is 11.6 Å². The van der Waals surface area contributed by atoms with Crippen LogP contribution >= 0.6 is 0 Å². The zero-order valence-corrected chi connectivity index (χ0v) is 34.0. The predicted molar refractivity (Wildman–Crippen MR) is 198 cm³/mol. The van der Waals surface area contributed by atoms with Gasteiger partial charge in [0.2, 0.25) is 0 Å². The van der Waals surface area contributed by atoms with Gasteiger partial charge < -0.3 is 59.8 Å². The van der Waals surface area contributed by atoms with Gasteiger partial charge in [-0.25, -0.2) is 4.79 Å². The summed E-state index contributed by atoms with van der Waals surface area (Å²) in [5.74, 6) is -1.61. The fourth-order valence-corrected chi connectivity index (χ4v) is 13.6. The quantitative estimate of drug-likeness (QED) is 0.137. The number of fused-ring (bicyclic) bond motifs is 7. The SMILES string of the molecule is CC1(C)CC[C@]2(C(=O)O)CC[C@]3(C)C(=CCC4[C@@]5(C)CC[C@H](O[C@@H]6O[C@H](C(=O)O)[C@@H](O[C@@H]7O[C@H](CO)[C@@H](O)[C@H](O)[C@H]7O)[C@H](O)[C@H]6O)C(C)(C)C5CC[C@]43C)C2C1. The average molecular weight is 795 g/mol. The van der Waals surface area contributed by atoms with Gasteiger partial charge in [-0.1, -0.05) is 60.1 Å². The Hall–Kier alpha value is -1.72. The first kappa shape index (κ1) is 42.4. The molecule has 2 aliphatic heterocycles. The van der Waals surface area contributed by atoms with E-state index in [1.165, 1.54) is 5.57 Å². The maximum absolute atomic E-state index is 13.0. The molecule has 0 aromatic rings. The van der Waals surface area contributed by atoms with Crippen LogP contribution in [-0.2, 0) is 28.5 Å². The molecular weight excluding hydrogens is 728 g/mol. The van der Waals surface area contributed by atoms with Crippen molar-refractivity contribution in [1.82, 2.24) is 0 Å². The minimum atomic E-state index is -1.87. The van der Waals surface area contributed by atoms with Crippen LogP contribution in [0.4, 0.5) is 0 Å². The standard InChI is InChI=1S/C42H66O14/c1-37(2)14-16-42(36(51)52)17-15-40(6)20(21(42)18-37)8-9-24-39(5)12-11-25(38(3,4)23(39)10-13-41(24,40)7)54-35-30(48)28(46)31(32(56-35)33(49)50)55-34-29(47)27(45)26(44)22(19-43)53-34/h8,21-32,34-35,43-48H,9-19H2,1-7H3,(H,49,50)(H,51,52)/t21?,22-,23?,24?,25+,26-,27+,28-,29-,30-,31+,32+,34+,35-,39+,40-,41-,42+/m1/s1. The van der Waals surface area contributed by atoms with Crippen molar-refractivity contribution in [2.45, 2.75) is 180 Å². The van der Waals surface area contributed by atoms with Gasteiger partial charge in [0.05, 0.1) is 18.1 Å². The summed E-state index contributed by atoms with van der Waals surface area (Å²) >= 11 is 0. The number of carboxylic acid groups (broad SMARTS) is 2. The van der Waals surface area contributed by atoms with Gasteiger partial charge in [-0.15, -0.1) is 0 Å². The lowest BCUT2D eigenvalue weighted by Crippen LogP contribution is -2.67. The van der Waals surface area contributed by atoms with Crippen molar-refractivity contribution in [2.24, 2.45) is 50.2 Å². The molecule has 56 heavy (non-hydrogen) atoms. The van der Waals surface area contributed by atoms with Gasteiger partial charge in [0.25, 0.3) is 0 Å². The van der Waals surface area contributed by atoms with Gasteiger partial charge >= 0.3 is 11.9 Å². The van der Waals surface area contributed by atoms with Crippen molar-refractivity contribution in [3.63, 3.8) is 0 Å². The van der Waals surface area contributed by atoms with Crippen molar-refractivity contribution >= 4 is 11.9 Å². The molecule has 18 atom stereocenters. The Balaban J connectivity index is 1.10. The lowest BCUT2D eigenvalue weighted by Gasteiger charge is -2.71. The van der Waals surface area contributed by atoms with Crippen LogP contribution in [0.25, 0.3) is 0 Å². The molecule has 8 N–H and O–H groups in total. The Morgan fingerprint density at radius 2 is 1.39 bits per heavy atom. The highest BCUT2D eigenvalue weighted by Gasteiger charge is 2.69. The number of allylic oxidation sites excluding steroid dienone is 2. The molecule has 0 bridgehead atoms. The number of aliphatic carboxylic acids is 2. The summed E-state index contributed by atoms with van der Waals surface area (Å²) in [7, 11) is 0. The molecule has 0 amide bonds. The maximum atomic E-state index is 13.0. The number of hydrogen-bond acceptors (Lipinski definition) is 12. The van der Waals surface area contributed by atoms with Crippen LogP contribution < -0.4 is 0 Å². The fourth-order valence-electron chi connectivity index (χ4n) is 13.6. The van der Waals surface area contributed by atoms with E-state index in [2.05, 4.69) is 54.5 Å². The van der Waals surface area contributed by atoms with Gasteiger partial charge in [-0.3, -0.25) is 4.79 Å². The molecule has 7 rings (SSSR count). The minimum Gasteiger partial charge on any atom is -0.481 e. The first-order valence-corrected chi connectivity index (χ1v) is 20.8. The average Bonchev–Trinajstić information content (AvgIpc) is 3.12. The number of rotatable bonds is 7. The highest BCUT2D eigenvalue weighted by molar-refractivity contribution is 5.76. The van der Waals surface area contributed by atoms with Crippen LogP contribution in [0.2, 0.25) is 0 Å². The monoisotopic (exact) mass is 794 g/mol. The Morgan fingerprint density at radius 1 is 0.750 bits per heavy atom. The molecule has 0 aromatic heterocycles. The smallest absolute Gasteiger partial charge is 0.335 e. The fraction of sp³-hybridized carbons (Fsp3) is 0.905. The van der Waals surface area contributed by atoms with Crippen molar-refractivity contribution in [1.29, 1.82) is 0 Å². The number of aliphatic hydroxyl groups excluding tert-OH is 6. The van der Waals surface area contributed by atoms with E-state index < -0.39 is 96.9 Å². The van der Waals surface area contributed by atoms with Crippen LogP contribution in [-0.4, -0.2) is 127 Å². The van der Waals surface area contributed by atoms with E-state index in [9.17, 15) is 50.4 Å². The van der Waals surface area contributed by atoms with E-state index in [0.29, 0.717) is 18.8 Å². The van der Waals surface area contributed by atoms with Crippen molar-refractivity contribution < 1.29 is 69.4 Å². The molecule has 0 aromatic carbocycles.